The Bertz CT molecular complexity index is 609. The molecule has 0 amide bonds. The summed E-state index contributed by atoms with van der Waals surface area (Å²) in [5.74, 6) is -2.25. The number of halogens is 2. The fourth-order valence-corrected chi connectivity index (χ4v) is 2.14. The molecule has 0 aliphatic heterocycles. The summed E-state index contributed by atoms with van der Waals surface area (Å²) in [6.07, 6.45) is 2.12. The van der Waals surface area contributed by atoms with Gasteiger partial charge in [0.15, 0.2) is 11.5 Å². The van der Waals surface area contributed by atoms with Crippen molar-refractivity contribution in [3.05, 3.63) is 59.2 Å². The van der Waals surface area contributed by atoms with Gasteiger partial charge in [-0.3, -0.25) is 0 Å². The van der Waals surface area contributed by atoms with Crippen molar-refractivity contribution >= 4 is 0 Å². The Morgan fingerprint density at radius 2 is 1.32 bits per heavy atom. The van der Waals surface area contributed by atoms with Crippen molar-refractivity contribution in [1.82, 2.24) is 0 Å². The molecule has 0 radical (unpaired) electrons. The summed E-state index contributed by atoms with van der Waals surface area (Å²) in [6, 6.07) is 10.7. The van der Waals surface area contributed by atoms with Gasteiger partial charge >= 0.3 is 0 Å². The van der Waals surface area contributed by atoms with Crippen LogP contribution in [-0.4, -0.2) is 6.61 Å². The van der Waals surface area contributed by atoms with Crippen LogP contribution in [0.1, 0.15) is 31.4 Å². The molecule has 4 heteroatoms. The van der Waals surface area contributed by atoms with E-state index in [4.69, 9.17) is 9.47 Å². The minimum absolute atomic E-state index is 0.101. The van der Waals surface area contributed by atoms with Crippen LogP contribution in [0.4, 0.5) is 8.78 Å². The molecular formula is C18H20F2O2. The summed E-state index contributed by atoms with van der Waals surface area (Å²) < 4.78 is 38.0. The van der Waals surface area contributed by atoms with Gasteiger partial charge in [0, 0.05) is 0 Å². The molecule has 0 aromatic heterocycles. The molecule has 2 aromatic rings. The second-order valence-electron chi connectivity index (χ2n) is 4.98. The van der Waals surface area contributed by atoms with Gasteiger partial charge in [0.2, 0.25) is 11.6 Å². The molecule has 0 saturated carbocycles. The van der Waals surface area contributed by atoms with Crippen LogP contribution in [0.15, 0.2) is 36.4 Å². The maximum atomic E-state index is 13.9. The number of rotatable bonds is 7. The summed E-state index contributed by atoms with van der Waals surface area (Å²) in [5.41, 5.74) is 2.16. The quantitative estimate of drug-likeness (QED) is 0.724. The second kappa shape index (κ2) is 7.78. The molecule has 118 valence electrons. The highest BCUT2D eigenvalue weighted by molar-refractivity contribution is 5.35. The first kappa shape index (κ1) is 16.3. The van der Waals surface area contributed by atoms with Gasteiger partial charge in [-0.2, -0.15) is 8.78 Å². The summed E-state index contributed by atoms with van der Waals surface area (Å²) >= 11 is 0. The average Bonchev–Trinajstić information content (AvgIpc) is 2.53. The first-order valence-electron chi connectivity index (χ1n) is 7.47. The van der Waals surface area contributed by atoms with E-state index in [0.717, 1.165) is 18.4 Å². The molecule has 0 atom stereocenters. The topological polar surface area (TPSA) is 18.5 Å². The first-order valence-corrected chi connectivity index (χ1v) is 7.47. The highest BCUT2D eigenvalue weighted by Crippen LogP contribution is 2.28. The number of aryl methyl sites for hydroxylation is 1. The Hall–Kier alpha value is -2.10. The van der Waals surface area contributed by atoms with Gasteiger partial charge in [0.1, 0.15) is 6.61 Å². The van der Waals surface area contributed by atoms with E-state index in [1.807, 2.05) is 24.3 Å². The van der Waals surface area contributed by atoms with E-state index in [0.29, 0.717) is 0 Å². The van der Waals surface area contributed by atoms with Crippen LogP contribution < -0.4 is 9.47 Å². The van der Waals surface area contributed by atoms with Crippen molar-refractivity contribution in [2.45, 2.75) is 33.3 Å². The zero-order chi connectivity index (χ0) is 15.9. The zero-order valence-electron chi connectivity index (χ0n) is 12.9. The minimum Gasteiger partial charge on any atom is -0.491 e. The summed E-state index contributed by atoms with van der Waals surface area (Å²) in [5, 5.41) is 0. The van der Waals surface area contributed by atoms with Crippen LogP contribution in [0.25, 0.3) is 0 Å². The largest absolute Gasteiger partial charge is 0.491 e. The van der Waals surface area contributed by atoms with Crippen LogP contribution >= 0.6 is 0 Å². The van der Waals surface area contributed by atoms with Gasteiger partial charge in [-0.05, 0) is 36.6 Å². The molecule has 2 nitrogen and oxygen atoms in total. The minimum atomic E-state index is -1.02. The number of benzene rings is 2. The van der Waals surface area contributed by atoms with Crippen LogP contribution in [0.5, 0.6) is 11.5 Å². The molecular weight excluding hydrogens is 286 g/mol. The fourth-order valence-electron chi connectivity index (χ4n) is 2.14. The van der Waals surface area contributed by atoms with Gasteiger partial charge in [0.25, 0.3) is 0 Å². The third-order valence-corrected chi connectivity index (χ3v) is 3.27. The van der Waals surface area contributed by atoms with Crippen molar-refractivity contribution in [2.24, 2.45) is 0 Å². The van der Waals surface area contributed by atoms with Crippen molar-refractivity contribution in [1.29, 1.82) is 0 Å². The molecule has 2 rings (SSSR count). The molecule has 0 N–H and O–H groups in total. The predicted octanol–water partition coefficient (Wildman–Crippen LogP) is 4.90. The molecule has 0 bridgehead atoms. The van der Waals surface area contributed by atoms with Crippen LogP contribution in [0.2, 0.25) is 0 Å². The standard InChI is InChI=1S/C18H20F2O2/c1-3-5-13-6-8-14(9-7-13)12-22-16-11-10-15(21-4-2)17(19)18(16)20/h6-11H,3-5,12H2,1-2H3. The van der Waals surface area contributed by atoms with Crippen molar-refractivity contribution in [3.8, 4) is 11.5 Å². The lowest BCUT2D eigenvalue weighted by molar-refractivity contribution is 0.274. The first-order chi connectivity index (χ1) is 10.7. The molecule has 2 aromatic carbocycles. The van der Waals surface area contributed by atoms with E-state index >= 15 is 0 Å². The van der Waals surface area contributed by atoms with Crippen molar-refractivity contribution in [3.63, 3.8) is 0 Å². The lowest BCUT2D eigenvalue weighted by Gasteiger charge is -2.11. The number of hydrogen-bond acceptors (Lipinski definition) is 2. The van der Waals surface area contributed by atoms with Crippen molar-refractivity contribution < 1.29 is 18.3 Å². The SMILES string of the molecule is CCCc1ccc(COc2ccc(OCC)c(F)c2F)cc1. The Morgan fingerprint density at radius 3 is 1.86 bits per heavy atom. The maximum absolute atomic E-state index is 13.9. The monoisotopic (exact) mass is 306 g/mol. The Kier molecular flexibility index (Phi) is 5.75. The Morgan fingerprint density at radius 1 is 0.773 bits per heavy atom. The molecule has 0 aliphatic rings. The zero-order valence-corrected chi connectivity index (χ0v) is 12.9. The van der Waals surface area contributed by atoms with Crippen molar-refractivity contribution in [2.75, 3.05) is 6.61 Å². The molecule has 0 spiro atoms. The van der Waals surface area contributed by atoms with Crippen LogP contribution in [0, 0.1) is 11.6 Å². The van der Waals surface area contributed by atoms with E-state index < -0.39 is 11.6 Å². The lowest BCUT2D eigenvalue weighted by Crippen LogP contribution is -2.02. The second-order valence-corrected chi connectivity index (χ2v) is 4.98. The Balaban J connectivity index is 2.03. The normalized spacial score (nSPS) is 10.5. The highest BCUT2D eigenvalue weighted by Gasteiger charge is 2.15. The van der Waals surface area contributed by atoms with E-state index in [-0.39, 0.29) is 24.7 Å². The lowest BCUT2D eigenvalue weighted by atomic mass is 10.1. The summed E-state index contributed by atoms with van der Waals surface area (Å²) in [6.45, 7) is 4.31. The molecule has 0 fully saturated rings. The van der Waals surface area contributed by atoms with Gasteiger partial charge in [-0.15, -0.1) is 0 Å². The van der Waals surface area contributed by atoms with E-state index in [2.05, 4.69) is 6.92 Å². The molecule has 0 heterocycles. The van der Waals surface area contributed by atoms with Crippen LogP contribution in [0.3, 0.4) is 0 Å². The third-order valence-electron chi connectivity index (χ3n) is 3.27. The van der Waals surface area contributed by atoms with Gasteiger partial charge in [0.05, 0.1) is 6.61 Å². The fraction of sp³-hybridized carbons (Fsp3) is 0.333. The smallest absolute Gasteiger partial charge is 0.204 e. The van der Waals surface area contributed by atoms with E-state index in [1.54, 1.807) is 6.92 Å². The molecule has 0 saturated heterocycles. The van der Waals surface area contributed by atoms with E-state index in [1.165, 1.54) is 17.7 Å². The summed E-state index contributed by atoms with van der Waals surface area (Å²) in [4.78, 5) is 0. The number of hydrogen-bond donors (Lipinski definition) is 0. The highest BCUT2D eigenvalue weighted by atomic mass is 19.2. The third kappa shape index (κ3) is 3.97. The molecule has 22 heavy (non-hydrogen) atoms. The average molecular weight is 306 g/mol. The van der Waals surface area contributed by atoms with Crippen LogP contribution in [-0.2, 0) is 13.0 Å². The van der Waals surface area contributed by atoms with Gasteiger partial charge in [-0.25, -0.2) is 0 Å². The summed E-state index contributed by atoms with van der Waals surface area (Å²) in [7, 11) is 0. The Labute approximate surface area is 129 Å². The van der Waals surface area contributed by atoms with Gasteiger partial charge in [-0.1, -0.05) is 37.6 Å². The maximum Gasteiger partial charge on any atom is 0.204 e. The predicted molar refractivity (Wildman–Crippen MR) is 82.3 cm³/mol. The number of ether oxygens (including phenoxy) is 2. The molecule has 0 unspecified atom stereocenters. The molecule has 0 aliphatic carbocycles. The van der Waals surface area contributed by atoms with E-state index in [9.17, 15) is 8.78 Å². The van der Waals surface area contributed by atoms with Gasteiger partial charge < -0.3 is 9.47 Å².